The van der Waals surface area contributed by atoms with Gasteiger partial charge in [-0.05, 0) is 36.8 Å². The van der Waals surface area contributed by atoms with Crippen LogP contribution in [0, 0.1) is 11.7 Å². The third kappa shape index (κ3) is 4.47. The Bertz CT molecular complexity index is 1070. The molecule has 2 aromatic heterocycles. The first-order chi connectivity index (χ1) is 12.9. The molecule has 27 heavy (non-hydrogen) atoms. The van der Waals surface area contributed by atoms with Gasteiger partial charge in [-0.2, -0.15) is 5.10 Å². The third-order valence-corrected chi connectivity index (χ3v) is 5.65. The minimum atomic E-state index is -0.218. The summed E-state index contributed by atoms with van der Waals surface area (Å²) in [7, 11) is 0. The standard InChI is InChI=1S/C17H15Cl2N5OS2/c1-3-6-24-15(22-23-17(24)26)14-9(2)20-16(27-14)21-13(25)7-10-4-5-11(18)8-12(10)19/h3-5,8H,1,6-7H2,2H3,(H,23,26)(H,20,21,25). The molecule has 3 rings (SSSR count). The number of hydrogen-bond acceptors (Lipinski definition) is 5. The number of aromatic amines is 1. The van der Waals surface area contributed by atoms with Gasteiger partial charge >= 0.3 is 0 Å². The predicted octanol–water partition coefficient (Wildman–Crippen LogP) is 5.05. The Labute approximate surface area is 174 Å². The number of benzene rings is 1. The first-order valence-corrected chi connectivity index (χ1v) is 9.84. The largest absolute Gasteiger partial charge is 0.302 e. The number of allylic oxidation sites excluding steroid dienone is 1. The molecule has 0 spiro atoms. The molecule has 1 amide bonds. The number of aromatic nitrogens is 4. The summed E-state index contributed by atoms with van der Waals surface area (Å²) in [5, 5.41) is 11.3. The van der Waals surface area contributed by atoms with Crippen molar-refractivity contribution in [2.75, 3.05) is 5.32 Å². The molecule has 0 fully saturated rings. The molecule has 0 aliphatic heterocycles. The molecular weight excluding hydrogens is 425 g/mol. The van der Waals surface area contributed by atoms with E-state index >= 15 is 0 Å². The van der Waals surface area contributed by atoms with Gasteiger partial charge in [-0.15, -0.1) is 6.58 Å². The van der Waals surface area contributed by atoms with E-state index in [2.05, 4.69) is 27.1 Å². The van der Waals surface area contributed by atoms with Gasteiger partial charge in [0.05, 0.1) is 17.0 Å². The fraction of sp³-hybridized carbons (Fsp3) is 0.176. The van der Waals surface area contributed by atoms with Crippen LogP contribution in [0.2, 0.25) is 10.0 Å². The number of aryl methyl sites for hydroxylation is 1. The molecule has 0 radical (unpaired) electrons. The summed E-state index contributed by atoms with van der Waals surface area (Å²) in [6.45, 7) is 6.11. The second-order valence-electron chi connectivity index (χ2n) is 5.65. The Hall–Kier alpha value is -2.00. The van der Waals surface area contributed by atoms with Gasteiger partial charge in [0.15, 0.2) is 15.7 Å². The van der Waals surface area contributed by atoms with E-state index in [0.29, 0.717) is 37.9 Å². The highest BCUT2D eigenvalue weighted by Crippen LogP contribution is 2.32. The van der Waals surface area contributed by atoms with Crippen LogP contribution in [-0.2, 0) is 17.8 Å². The Morgan fingerprint density at radius 1 is 1.48 bits per heavy atom. The van der Waals surface area contributed by atoms with Gasteiger partial charge in [0.25, 0.3) is 0 Å². The van der Waals surface area contributed by atoms with Crippen molar-refractivity contribution in [2.45, 2.75) is 19.9 Å². The topological polar surface area (TPSA) is 75.6 Å². The molecule has 10 heteroatoms. The molecule has 2 heterocycles. The smallest absolute Gasteiger partial charge is 0.230 e. The summed E-state index contributed by atoms with van der Waals surface area (Å²) in [6, 6.07) is 5.04. The van der Waals surface area contributed by atoms with Crippen LogP contribution in [0.5, 0.6) is 0 Å². The van der Waals surface area contributed by atoms with Gasteiger partial charge in [0, 0.05) is 16.6 Å². The lowest BCUT2D eigenvalue weighted by Gasteiger charge is -2.04. The molecule has 1 aromatic carbocycles. The first kappa shape index (κ1) is 19.8. The maximum absolute atomic E-state index is 12.4. The molecule has 0 saturated carbocycles. The Morgan fingerprint density at radius 3 is 2.96 bits per heavy atom. The van der Waals surface area contributed by atoms with Crippen LogP contribution in [-0.4, -0.2) is 25.7 Å². The van der Waals surface area contributed by atoms with E-state index in [0.717, 1.165) is 10.6 Å². The van der Waals surface area contributed by atoms with Crippen molar-refractivity contribution in [3.63, 3.8) is 0 Å². The minimum Gasteiger partial charge on any atom is -0.302 e. The molecule has 3 aromatic rings. The van der Waals surface area contributed by atoms with Crippen LogP contribution >= 0.6 is 46.8 Å². The molecule has 0 aliphatic carbocycles. The van der Waals surface area contributed by atoms with E-state index in [4.69, 9.17) is 35.4 Å². The quantitative estimate of drug-likeness (QED) is 0.416. The zero-order valence-corrected chi connectivity index (χ0v) is 17.4. The SMILES string of the molecule is C=CCn1c(-c2sc(NC(=O)Cc3ccc(Cl)cc3Cl)nc2C)n[nH]c1=S. The number of rotatable bonds is 6. The van der Waals surface area contributed by atoms with E-state index in [-0.39, 0.29) is 12.3 Å². The molecule has 0 unspecified atom stereocenters. The zero-order valence-electron chi connectivity index (χ0n) is 14.3. The zero-order chi connectivity index (χ0) is 19.6. The van der Waals surface area contributed by atoms with Crippen molar-refractivity contribution in [3.05, 3.63) is 56.9 Å². The summed E-state index contributed by atoms with van der Waals surface area (Å²) in [5.41, 5.74) is 1.44. The van der Waals surface area contributed by atoms with E-state index in [1.807, 2.05) is 11.5 Å². The van der Waals surface area contributed by atoms with Crippen molar-refractivity contribution in [2.24, 2.45) is 0 Å². The average molecular weight is 440 g/mol. The number of thiazole rings is 1. The monoisotopic (exact) mass is 439 g/mol. The van der Waals surface area contributed by atoms with Gasteiger partial charge in [-0.1, -0.05) is 46.7 Å². The molecular formula is C17H15Cl2N5OS2. The molecule has 6 nitrogen and oxygen atoms in total. The highest BCUT2D eigenvalue weighted by atomic mass is 35.5. The molecule has 2 N–H and O–H groups in total. The number of hydrogen-bond donors (Lipinski definition) is 2. The van der Waals surface area contributed by atoms with Crippen molar-refractivity contribution < 1.29 is 4.79 Å². The normalized spacial score (nSPS) is 10.8. The third-order valence-electron chi connectivity index (χ3n) is 3.68. The van der Waals surface area contributed by atoms with Gasteiger partial charge in [-0.3, -0.25) is 14.5 Å². The van der Waals surface area contributed by atoms with E-state index in [9.17, 15) is 4.79 Å². The maximum Gasteiger partial charge on any atom is 0.230 e. The summed E-state index contributed by atoms with van der Waals surface area (Å²) in [4.78, 5) is 17.6. The molecule has 0 saturated heterocycles. The van der Waals surface area contributed by atoms with Gasteiger partial charge < -0.3 is 5.32 Å². The fourth-order valence-corrected chi connectivity index (χ4v) is 4.11. The number of carbonyl (C=O) groups excluding carboxylic acids is 1. The summed E-state index contributed by atoms with van der Waals surface area (Å²) in [5.74, 6) is 0.445. The van der Waals surface area contributed by atoms with Crippen molar-refractivity contribution in [1.29, 1.82) is 0 Å². The first-order valence-electron chi connectivity index (χ1n) is 7.86. The average Bonchev–Trinajstić information content (AvgIpc) is 3.13. The Balaban J connectivity index is 1.79. The molecule has 0 bridgehead atoms. The van der Waals surface area contributed by atoms with Crippen molar-refractivity contribution >= 4 is 57.8 Å². The van der Waals surface area contributed by atoms with E-state index in [1.165, 1.54) is 11.3 Å². The summed E-state index contributed by atoms with van der Waals surface area (Å²) >= 11 is 18.6. The summed E-state index contributed by atoms with van der Waals surface area (Å²) in [6.07, 6.45) is 1.86. The van der Waals surface area contributed by atoms with Crippen LogP contribution in [0.25, 0.3) is 10.7 Å². The number of carbonyl (C=O) groups is 1. The number of halogens is 2. The number of H-pyrrole nitrogens is 1. The second-order valence-corrected chi connectivity index (χ2v) is 7.88. The molecule has 0 aliphatic rings. The van der Waals surface area contributed by atoms with Crippen LogP contribution < -0.4 is 5.32 Å². The van der Waals surface area contributed by atoms with Crippen LogP contribution in [0.1, 0.15) is 11.3 Å². The Morgan fingerprint density at radius 2 is 2.26 bits per heavy atom. The number of anilines is 1. The highest BCUT2D eigenvalue weighted by Gasteiger charge is 2.17. The Kier molecular flexibility index (Phi) is 6.11. The lowest BCUT2D eigenvalue weighted by Crippen LogP contribution is -2.14. The van der Waals surface area contributed by atoms with Crippen LogP contribution in [0.3, 0.4) is 0 Å². The van der Waals surface area contributed by atoms with E-state index in [1.54, 1.807) is 24.3 Å². The molecule has 140 valence electrons. The summed E-state index contributed by atoms with van der Waals surface area (Å²) < 4.78 is 2.32. The van der Waals surface area contributed by atoms with Crippen LogP contribution in [0.4, 0.5) is 5.13 Å². The fourth-order valence-electron chi connectivity index (χ4n) is 2.45. The number of nitrogens with one attached hydrogen (secondary N) is 2. The van der Waals surface area contributed by atoms with E-state index < -0.39 is 0 Å². The maximum atomic E-state index is 12.4. The van der Waals surface area contributed by atoms with Crippen molar-refractivity contribution in [3.8, 4) is 10.7 Å². The molecule has 0 atom stereocenters. The van der Waals surface area contributed by atoms with Gasteiger partial charge in [-0.25, -0.2) is 4.98 Å². The predicted molar refractivity (Wildman–Crippen MR) is 112 cm³/mol. The van der Waals surface area contributed by atoms with Crippen molar-refractivity contribution in [1.82, 2.24) is 19.7 Å². The van der Waals surface area contributed by atoms with Gasteiger partial charge in [0.1, 0.15) is 0 Å². The highest BCUT2D eigenvalue weighted by molar-refractivity contribution is 7.71. The minimum absolute atomic E-state index is 0.124. The van der Waals surface area contributed by atoms with Crippen LogP contribution in [0.15, 0.2) is 30.9 Å². The lowest BCUT2D eigenvalue weighted by atomic mass is 10.1. The lowest BCUT2D eigenvalue weighted by molar-refractivity contribution is -0.115. The number of nitrogens with zero attached hydrogens (tertiary/aromatic N) is 3. The second kappa shape index (κ2) is 8.35. The number of amides is 1. The van der Waals surface area contributed by atoms with Gasteiger partial charge in [0.2, 0.25) is 5.91 Å².